The summed E-state index contributed by atoms with van der Waals surface area (Å²) in [5, 5.41) is 0. The molecule has 0 aliphatic heterocycles. The molecule has 1 atom stereocenters. The van der Waals surface area contributed by atoms with Crippen LogP contribution >= 0.6 is 0 Å². The second kappa shape index (κ2) is 8.66. The Labute approximate surface area is 121 Å². The molecule has 5 nitrogen and oxygen atoms in total. The van der Waals surface area contributed by atoms with Gasteiger partial charge in [0.05, 0.1) is 24.8 Å². The van der Waals surface area contributed by atoms with E-state index in [4.69, 9.17) is 10.5 Å². The van der Waals surface area contributed by atoms with Crippen molar-refractivity contribution in [2.75, 3.05) is 26.8 Å². The first-order chi connectivity index (χ1) is 9.60. The number of ether oxygens (including phenoxy) is 1. The molecule has 1 aromatic heterocycles. The molecule has 1 rings (SSSR count). The van der Waals surface area contributed by atoms with E-state index >= 15 is 0 Å². The largest absolute Gasteiger partial charge is 0.383 e. The lowest BCUT2D eigenvalue weighted by Crippen LogP contribution is -2.42. The molecular formula is C15H25N3O2. The van der Waals surface area contributed by atoms with E-state index in [2.05, 4.69) is 4.98 Å². The van der Waals surface area contributed by atoms with Gasteiger partial charge in [-0.3, -0.25) is 9.78 Å². The van der Waals surface area contributed by atoms with E-state index in [1.807, 2.05) is 32.0 Å². The van der Waals surface area contributed by atoms with E-state index in [0.717, 1.165) is 5.69 Å². The zero-order valence-corrected chi connectivity index (χ0v) is 12.6. The third-order valence-electron chi connectivity index (χ3n) is 3.33. The summed E-state index contributed by atoms with van der Waals surface area (Å²) in [7, 11) is 1.63. The lowest BCUT2D eigenvalue weighted by Gasteiger charge is -2.28. The summed E-state index contributed by atoms with van der Waals surface area (Å²) in [4.78, 5) is 18.6. The highest BCUT2D eigenvalue weighted by molar-refractivity contribution is 5.79. The van der Waals surface area contributed by atoms with Gasteiger partial charge in [0.2, 0.25) is 5.91 Å². The van der Waals surface area contributed by atoms with Gasteiger partial charge in [0.1, 0.15) is 0 Å². The standard InChI is InChI=1S/C15H25N3O2/c1-12(2)14(10-16)15(19)18(8-9-20-3)11-13-6-4-5-7-17-13/h4-7,12,14H,8-11,16H2,1-3H3. The molecule has 2 N–H and O–H groups in total. The topological polar surface area (TPSA) is 68.5 Å². The predicted octanol–water partition coefficient (Wildman–Crippen LogP) is 1.29. The van der Waals surface area contributed by atoms with Gasteiger partial charge < -0.3 is 15.4 Å². The smallest absolute Gasteiger partial charge is 0.227 e. The molecule has 0 aromatic carbocycles. The maximum absolute atomic E-state index is 12.6. The van der Waals surface area contributed by atoms with Crippen LogP contribution in [0.2, 0.25) is 0 Å². The number of amides is 1. The van der Waals surface area contributed by atoms with Crippen molar-refractivity contribution in [3.05, 3.63) is 30.1 Å². The zero-order chi connectivity index (χ0) is 15.0. The molecular weight excluding hydrogens is 254 g/mol. The molecule has 0 saturated heterocycles. The van der Waals surface area contributed by atoms with Crippen LogP contribution in [0.3, 0.4) is 0 Å². The molecule has 0 aliphatic rings. The number of hydrogen-bond acceptors (Lipinski definition) is 4. The van der Waals surface area contributed by atoms with Crippen LogP contribution in [0.5, 0.6) is 0 Å². The molecule has 5 heteroatoms. The van der Waals surface area contributed by atoms with Crippen LogP contribution in [0, 0.1) is 11.8 Å². The summed E-state index contributed by atoms with van der Waals surface area (Å²) >= 11 is 0. The molecule has 0 spiro atoms. The van der Waals surface area contributed by atoms with Gasteiger partial charge in [-0.25, -0.2) is 0 Å². The van der Waals surface area contributed by atoms with Gasteiger partial charge in [-0.1, -0.05) is 19.9 Å². The number of methoxy groups -OCH3 is 1. The van der Waals surface area contributed by atoms with Crippen LogP contribution in [0.15, 0.2) is 24.4 Å². The summed E-state index contributed by atoms with van der Waals surface area (Å²) in [6, 6.07) is 5.70. The molecule has 1 heterocycles. The van der Waals surface area contributed by atoms with Gasteiger partial charge in [0, 0.05) is 26.4 Å². The van der Waals surface area contributed by atoms with Crippen LogP contribution in [0.4, 0.5) is 0 Å². The van der Waals surface area contributed by atoms with E-state index in [9.17, 15) is 4.79 Å². The van der Waals surface area contributed by atoms with E-state index in [0.29, 0.717) is 26.2 Å². The van der Waals surface area contributed by atoms with Crippen molar-refractivity contribution < 1.29 is 9.53 Å². The van der Waals surface area contributed by atoms with Crippen molar-refractivity contribution in [3.8, 4) is 0 Å². The molecule has 0 fully saturated rings. The summed E-state index contributed by atoms with van der Waals surface area (Å²) in [5.41, 5.74) is 6.61. The van der Waals surface area contributed by atoms with Crippen molar-refractivity contribution in [1.82, 2.24) is 9.88 Å². The van der Waals surface area contributed by atoms with Crippen LogP contribution in [-0.4, -0.2) is 42.6 Å². The Kier molecular flexibility index (Phi) is 7.18. The number of rotatable bonds is 8. The summed E-state index contributed by atoms with van der Waals surface area (Å²) in [5.74, 6) is 0.141. The van der Waals surface area contributed by atoms with Crippen molar-refractivity contribution in [3.63, 3.8) is 0 Å². The first-order valence-electron chi connectivity index (χ1n) is 6.97. The minimum atomic E-state index is -0.157. The number of nitrogens with two attached hydrogens (primary N) is 1. The number of pyridine rings is 1. The Morgan fingerprint density at radius 2 is 2.20 bits per heavy atom. The van der Waals surface area contributed by atoms with Crippen LogP contribution < -0.4 is 5.73 Å². The Hall–Kier alpha value is -1.46. The van der Waals surface area contributed by atoms with Crippen molar-refractivity contribution in [1.29, 1.82) is 0 Å². The summed E-state index contributed by atoms with van der Waals surface area (Å²) < 4.78 is 5.09. The highest BCUT2D eigenvalue weighted by atomic mass is 16.5. The third-order valence-corrected chi connectivity index (χ3v) is 3.33. The molecule has 112 valence electrons. The monoisotopic (exact) mass is 279 g/mol. The van der Waals surface area contributed by atoms with Gasteiger partial charge in [0.15, 0.2) is 0 Å². The first kappa shape index (κ1) is 16.6. The van der Waals surface area contributed by atoms with E-state index in [-0.39, 0.29) is 17.7 Å². The number of aromatic nitrogens is 1. The average molecular weight is 279 g/mol. The minimum Gasteiger partial charge on any atom is -0.383 e. The Morgan fingerprint density at radius 3 is 2.70 bits per heavy atom. The minimum absolute atomic E-state index is 0.0743. The number of carbonyl (C=O) groups excluding carboxylic acids is 1. The molecule has 0 saturated carbocycles. The molecule has 20 heavy (non-hydrogen) atoms. The second-order valence-electron chi connectivity index (χ2n) is 5.16. The predicted molar refractivity (Wildman–Crippen MR) is 78.9 cm³/mol. The number of hydrogen-bond donors (Lipinski definition) is 1. The van der Waals surface area contributed by atoms with E-state index < -0.39 is 0 Å². The quantitative estimate of drug-likeness (QED) is 0.778. The highest BCUT2D eigenvalue weighted by Gasteiger charge is 2.26. The van der Waals surface area contributed by atoms with Crippen LogP contribution in [0.1, 0.15) is 19.5 Å². The van der Waals surface area contributed by atoms with E-state index in [1.165, 1.54) is 0 Å². The van der Waals surface area contributed by atoms with E-state index in [1.54, 1.807) is 18.2 Å². The van der Waals surface area contributed by atoms with Gasteiger partial charge in [-0.2, -0.15) is 0 Å². The maximum atomic E-state index is 12.6. The fraction of sp³-hybridized carbons (Fsp3) is 0.600. The van der Waals surface area contributed by atoms with Crippen molar-refractivity contribution in [2.45, 2.75) is 20.4 Å². The lowest BCUT2D eigenvalue weighted by molar-refractivity contribution is -0.138. The maximum Gasteiger partial charge on any atom is 0.227 e. The number of carbonyl (C=O) groups is 1. The summed E-state index contributed by atoms with van der Waals surface area (Å²) in [6.45, 7) is 5.95. The normalized spacial score (nSPS) is 12.4. The Bertz CT molecular complexity index is 395. The first-order valence-corrected chi connectivity index (χ1v) is 6.97. The zero-order valence-electron chi connectivity index (χ0n) is 12.6. The van der Waals surface area contributed by atoms with Gasteiger partial charge in [0.25, 0.3) is 0 Å². The number of nitrogens with zero attached hydrogens (tertiary/aromatic N) is 2. The van der Waals surface area contributed by atoms with Crippen molar-refractivity contribution >= 4 is 5.91 Å². The fourth-order valence-corrected chi connectivity index (χ4v) is 2.05. The molecule has 1 unspecified atom stereocenters. The second-order valence-corrected chi connectivity index (χ2v) is 5.16. The van der Waals surface area contributed by atoms with Crippen LogP contribution in [-0.2, 0) is 16.1 Å². The SMILES string of the molecule is COCCN(Cc1ccccn1)C(=O)C(CN)C(C)C. The van der Waals surface area contributed by atoms with Gasteiger partial charge in [-0.15, -0.1) is 0 Å². The Balaban J connectivity index is 2.79. The van der Waals surface area contributed by atoms with Crippen LogP contribution in [0.25, 0.3) is 0 Å². The third kappa shape index (κ3) is 4.90. The van der Waals surface area contributed by atoms with Crippen molar-refractivity contribution in [2.24, 2.45) is 17.6 Å². The molecule has 0 radical (unpaired) electrons. The average Bonchev–Trinajstić information content (AvgIpc) is 2.44. The fourth-order valence-electron chi connectivity index (χ4n) is 2.05. The molecule has 1 aromatic rings. The molecule has 0 aliphatic carbocycles. The molecule has 0 bridgehead atoms. The summed E-state index contributed by atoms with van der Waals surface area (Å²) in [6.07, 6.45) is 1.73. The molecule has 1 amide bonds. The van der Waals surface area contributed by atoms with Gasteiger partial charge >= 0.3 is 0 Å². The van der Waals surface area contributed by atoms with Gasteiger partial charge in [-0.05, 0) is 18.1 Å². The highest BCUT2D eigenvalue weighted by Crippen LogP contribution is 2.14. The lowest BCUT2D eigenvalue weighted by atomic mass is 9.94. The Morgan fingerprint density at radius 1 is 1.45 bits per heavy atom.